The molecule has 0 saturated carbocycles. The van der Waals surface area contributed by atoms with Crippen LogP contribution in [-0.2, 0) is 0 Å². The summed E-state index contributed by atoms with van der Waals surface area (Å²) >= 11 is 0. The molecule has 3 unspecified atom stereocenters. The molecule has 0 aliphatic carbocycles. The molecule has 1 fully saturated rings. The van der Waals surface area contributed by atoms with Crippen molar-refractivity contribution in [2.24, 2.45) is 5.92 Å². The predicted molar refractivity (Wildman–Crippen MR) is 57.9 cm³/mol. The molecule has 0 aromatic rings. The van der Waals surface area contributed by atoms with Crippen LogP contribution in [0.2, 0.25) is 0 Å². The highest BCUT2D eigenvalue weighted by atomic mass is 15.1. The van der Waals surface area contributed by atoms with Gasteiger partial charge in [0.15, 0.2) is 0 Å². The van der Waals surface area contributed by atoms with Crippen LogP contribution in [0.25, 0.3) is 0 Å². The molecule has 1 aliphatic heterocycles. The van der Waals surface area contributed by atoms with Crippen LogP contribution in [-0.4, -0.2) is 11.1 Å². The average Bonchev–Trinajstić information content (AvgIpc) is 2.12. The second-order valence-corrected chi connectivity index (χ2v) is 5.11. The van der Waals surface area contributed by atoms with Crippen molar-refractivity contribution in [2.45, 2.75) is 71.4 Å². The van der Waals surface area contributed by atoms with E-state index in [4.69, 9.17) is 5.32 Å². The number of rotatable bonds is 2. The van der Waals surface area contributed by atoms with Crippen molar-refractivity contribution in [1.82, 2.24) is 5.32 Å². The van der Waals surface area contributed by atoms with Crippen molar-refractivity contribution < 1.29 is 0 Å². The first kappa shape index (κ1) is 11.0. The minimum Gasteiger partial charge on any atom is -0.229 e. The highest BCUT2D eigenvalue weighted by Gasteiger charge is 2.42. The maximum atomic E-state index is 5.06. The Hall–Kier alpha value is -0.0400. The van der Waals surface area contributed by atoms with E-state index in [2.05, 4.69) is 34.6 Å². The Balaban J connectivity index is 2.74. The first-order valence-electron chi connectivity index (χ1n) is 5.70. The van der Waals surface area contributed by atoms with Crippen molar-refractivity contribution in [3.05, 3.63) is 0 Å². The van der Waals surface area contributed by atoms with E-state index in [1.165, 1.54) is 25.7 Å². The summed E-state index contributed by atoms with van der Waals surface area (Å²) in [6.07, 6.45) is 5.00. The maximum absolute atomic E-state index is 5.06. The summed E-state index contributed by atoms with van der Waals surface area (Å²) in [5, 5.41) is 5.06. The molecular formula is C12H24N. The highest BCUT2D eigenvalue weighted by Crippen LogP contribution is 2.38. The molecule has 1 heterocycles. The lowest BCUT2D eigenvalue weighted by Gasteiger charge is -2.48. The Morgan fingerprint density at radius 2 is 1.85 bits per heavy atom. The van der Waals surface area contributed by atoms with Crippen LogP contribution in [0.15, 0.2) is 0 Å². The summed E-state index contributed by atoms with van der Waals surface area (Å²) in [4.78, 5) is 0. The van der Waals surface area contributed by atoms with Crippen molar-refractivity contribution in [2.75, 3.05) is 0 Å². The molecule has 0 amide bonds. The van der Waals surface area contributed by atoms with Crippen molar-refractivity contribution in [3.8, 4) is 0 Å². The maximum Gasteiger partial charge on any atom is 0.0357 e. The van der Waals surface area contributed by atoms with E-state index >= 15 is 0 Å². The standard InChI is InChI=1S/C12H24N/c1-6-11(4)9-8-10(3)12(5,7-2)13-11/h10H,6-9H2,1-5H3. The zero-order valence-electron chi connectivity index (χ0n) is 9.85. The summed E-state index contributed by atoms with van der Waals surface area (Å²) in [6.45, 7) is 11.5. The fraction of sp³-hybridized carbons (Fsp3) is 1.00. The normalized spacial score (nSPS) is 46.4. The second kappa shape index (κ2) is 3.61. The Morgan fingerprint density at radius 3 is 2.31 bits per heavy atom. The number of piperidine rings is 1. The minimum atomic E-state index is 0.239. The molecule has 1 nitrogen and oxygen atoms in total. The van der Waals surface area contributed by atoms with Crippen molar-refractivity contribution >= 4 is 0 Å². The van der Waals surface area contributed by atoms with Crippen LogP contribution < -0.4 is 5.32 Å². The van der Waals surface area contributed by atoms with Gasteiger partial charge in [-0.1, -0.05) is 20.8 Å². The predicted octanol–water partition coefficient (Wildman–Crippen LogP) is 3.36. The lowest BCUT2D eigenvalue weighted by molar-refractivity contribution is 0.0850. The molecule has 0 aromatic carbocycles. The Bertz CT molecular complexity index is 178. The highest BCUT2D eigenvalue weighted by molar-refractivity contribution is 4.99. The summed E-state index contributed by atoms with van der Waals surface area (Å²) < 4.78 is 0. The van der Waals surface area contributed by atoms with Gasteiger partial charge in [-0.3, -0.25) is 0 Å². The van der Waals surface area contributed by atoms with E-state index in [-0.39, 0.29) is 11.1 Å². The third-order valence-electron chi connectivity index (χ3n) is 4.18. The SMILES string of the molecule is CCC1(C)CCC(C)C(C)(CC)[N]1. The Kier molecular flexibility index (Phi) is 3.06. The van der Waals surface area contributed by atoms with E-state index in [0.29, 0.717) is 0 Å². The summed E-state index contributed by atoms with van der Waals surface area (Å²) in [5.41, 5.74) is 0.500. The molecule has 1 rings (SSSR count). The average molecular weight is 182 g/mol. The fourth-order valence-electron chi connectivity index (χ4n) is 2.30. The molecule has 77 valence electrons. The van der Waals surface area contributed by atoms with Crippen LogP contribution in [0.4, 0.5) is 0 Å². The molecule has 1 aliphatic rings. The number of nitrogens with zero attached hydrogens (tertiary/aromatic N) is 1. The molecular weight excluding hydrogens is 158 g/mol. The number of hydrogen-bond donors (Lipinski definition) is 0. The first-order chi connectivity index (χ1) is 5.96. The van der Waals surface area contributed by atoms with E-state index in [9.17, 15) is 0 Å². The quantitative estimate of drug-likeness (QED) is 0.622. The van der Waals surface area contributed by atoms with Crippen LogP contribution in [0.3, 0.4) is 0 Å². The molecule has 1 heteroatoms. The molecule has 13 heavy (non-hydrogen) atoms. The van der Waals surface area contributed by atoms with Crippen LogP contribution >= 0.6 is 0 Å². The molecule has 0 bridgehead atoms. The van der Waals surface area contributed by atoms with Gasteiger partial charge in [-0.25, -0.2) is 5.32 Å². The summed E-state index contributed by atoms with van der Waals surface area (Å²) in [7, 11) is 0. The molecule has 0 spiro atoms. The smallest absolute Gasteiger partial charge is 0.0357 e. The molecule has 3 atom stereocenters. The number of hydrogen-bond acceptors (Lipinski definition) is 0. The topological polar surface area (TPSA) is 14.1 Å². The van der Waals surface area contributed by atoms with Gasteiger partial charge in [-0.2, -0.15) is 0 Å². The lowest BCUT2D eigenvalue weighted by atomic mass is 9.72. The molecule has 1 saturated heterocycles. The van der Waals surface area contributed by atoms with Gasteiger partial charge >= 0.3 is 0 Å². The van der Waals surface area contributed by atoms with Gasteiger partial charge < -0.3 is 0 Å². The van der Waals surface area contributed by atoms with Crippen LogP contribution in [0.1, 0.15) is 60.3 Å². The van der Waals surface area contributed by atoms with Gasteiger partial charge in [-0.15, -0.1) is 0 Å². The van der Waals surface area contributed by atoms with Gasteiger partial charge in [-0.05, 0) is 45.4 Å². The largest absolute Gasteiger partial charge is 0.229 e. The second-order valence-electron chi connectivity index (χ2n) is 5.11. The van der Waals surface area contributed by atoms with Gasteiger partial charge in [0, 0.05) is 11.1 Å². The Morgan fingerprint density at radius 1 is 1.23 bits per heavy atom. The first-order valence-corrected chi connectivity index (χ1v) is 5.70. The lowest BCUT2D eigenvalue weighted by Crippen LogP contribution is -2.56. The zero-order valence-corrected chi connectivity index (χ0v) is 9.85. The van der Waals surface area contributed by atoms with Crippen LogP contribution in [0, 0.1) is 5.92 Å². The third kappa shape index (κ3) is 2.07. The van der Waals surface area contributed by atoms with E-state index < -0.39 is 0 Å². The summed E-state index contributed by atoms with van der Waals surface area (Å²) in [6, 6.07) is 0. The zero-order chi connectivity index (χ0) is 10.1. The fourth-order valence-corrected chi connectivity index (χ4v) is 2.30. The van der Waals surface area contributed by atoms with Crippen molar-refractivity contribution in [1.29, 1.82) is 0 Å². The van der Waals surface area contributed by atoms with E-state index in [1.54, 1.807) is 0 Å². The molecule has 0 N–H and O–H groups in total. The van der Waals surface area contributed by atoms with Gasteiger partial charge in [0.1, 0.15) is 0 Å². The monoisotopic (exact) mass is 182 g/mol. The minimum absolute atomic E-state index is 0.239. The molecule has 1 radical (unpaired) electrons. The van der Waals surface area contributed by atoms with Crippen molar-refractivity contribution in [3.63, 3.8) is 0 Å². The van der Waals surface area contributed by atoms with E-state index in [0.717, 1.165) is 5.92 Å². The Labute approximate surface area is 83.3 Å². The third-order valence-corrected chi connectivity index (χ3v) is 4.18. The van der Waals surface area contributed by atoms with Gasteiger partial charge in [0.25, 0.3) is 0 Å². The van der Waals surface area contributed by atoms with Gasteiger partial charge in [0.2, 0.25) is 0 Å². The molecule has 0 aromatic heterocycles. The summed E-state index contributed by atoms with van der Waals surface area (Å²) in [5.74, 6) is 0.761. The van der Waals surface area contributed by atoms with E-state index in [1.807, 2.05) is 0 Å². The van der Waals surface area contributed by atoms with Crippen LogP contribution in [0.5, 0.6) is 0 Å². The van der Waals surface area contributed by atoms with Gasteiger partial charge in [0.05, 0.1) is 0 Å².